The fourth-order valence-corrected chi connectivity index (χ4v) is 2.52. The first kappa shape index (κ1) is 16.4. The minimum atomic E-state index is -0.584. The number of carbonyl (C=O) groups is 3. The van der Waals surface area contributed by atoms with Crippen LogP contribution in [0.15, 0.2) is 53.6 Å². The van der Waals surface area contributed by atoms with Crippen molar-refractivity contribution in [3.05, 3.63) is 65.2 Å². The predicted molar refractivity (Wildman–Crippen MR) is 90.5 cm³/mol. The number of hydrogen-bond donors (Lipinski definition) is 2. The van der Waals surface area contributed by atoms with Gasteiger partial charge in [-0.3, -0.25) is 19.3 Å². The molecule has 0 saturated heterocycles. The number of carbonyl (C=O) groups excluding carboxylic acids is 3. The molecule has 3 rings (SSSR count). The normalized spacial score (nSPS) is 13.8. The van der Waals surface area contributed by atoms with Gasteiger partial charge in [-0.2, -0.15) is 5.10 Å². The van der Waals surface area contributed by atoms with Crippen molar-refractivity contribution in [2.75, 3.05) is 6.54 Å². The fraction of sp³-hybridized carbons (Fsp3) is 0.111. The second-order valence-corrected chi connectivity index (χ2v) is 5.55. The van der Waals surface area contributed by atoms with Crippen LogP contribution in [-0.4, -0.2) is 40.0 Å². The molecule has 0 unspecified atom stereocenters. The van der Waals surface area contributed by atoms with Crippen LogP contribution >= 0.6 is 0 Å². The molecule has 3 amide bonds. The summed E-state index contributed by atoms with van der Waals surface area (Å²) >= 11 is 0. The highest BCUT2D eigenvalue weighted by atomic mass is 16.3. The third-order valence-electron chi connectivity index (χ3n) is 3.76. The Morgan fingerprint density at radius 3 is 2.20 bits per heavy atom. The number of rotatable bonds is 4. The van der Waals surface area contributed by atoms with Gasteiger partial charge in [0.2, 0.25) is 0 Å². The quantitative estimate of drug-likeness (QED) is 0.505. The van der Waals surface area contributed by atoms with E-state index in [0.717, 1.165) is 4.90 Å². The van der Waals surface area contributed by atoms with Crippen LogP contribution in [0.2, 0.25) is 0 Å². The largest absolute Gasteiger partial charge is 0.507 e. The van der Waals surface area contributed by atoms with Crippen LogP contribution in [0, 0.1) is 0 Å². The Labute approximate surface area is 143 Å². The van der Waals surface area contributed by atoms with Crippen molar-refractivity contribution in [3.63, 3.8) is 0 Å². The van der Waals surface area contributed by atoms with E-state index in [4.69, 9.17) is 0 Å². The van der Waals surface area contributed by atoms with E-state index in [9.17, 15) is 19.5 Å². The number of hydrogen-bond acceptors (Lipinski definition) is 5. The predicted octanol–water partition coefficient (Wildman–Crippen LogP) is 1.79. The standard InChI is InChI=1S/C18H15N3O4/c1-11(19-20-16(23)14-8-4-5-9-15(14)22)10-21-17(24)12-6-2-3-7-13(12)18(21)25/h2-9,22H,10H2,1H3,(H,20,23)/b19-11+. The topological polar surface area (TPSA) is 99.1 Å². The number of nitrogens with one attached hydrogen (secondary N) is 1. The first-order chi connectivity index (χ1) is 12.0. The maximum Gasteiger partial charge on any atom is 0.275 e. The van der Waals surface area contributed by atoms with Crippen LogP contribution in [0.25, 0.3) is 0 Å². The summed E-state index contributed by atoms with van der Waals surface area (Å²) in [4.78, 5) is 37.6. The Hall–Kier alpha value is -3.48. The van der Waals surface area contributed by atoms with Crippen molar-refractivity contribution >= 4 is 23.4 Å². The lowest BCUT2D eigenvalue weighted by atomic mass is 10.1. The second-order valence-electron chi connectivity index (χ2n) is 5.55. The van der Waals surface area contributed by atoms with Crippen LogP contribution < -0.4 is 5.43 Å². The van der Waals surface area contributed by atoms with Crippen molar-refractivity contribution in [1.29, 1.82) is 0 Å². The summed E-state index contributed by atoms with van der Waals surface area (Å²) in [6.45, 7) is 1.56. The number of hydrazone groups is 1. The highest BCUT2D eigenvalue weighted by molar-refractivity contribution is 6.22. The Bertz CT molecular complexity index is 870. The highest BCUT2D eigenvalue weighted by Gasteiger charge is 2.35. The zero-order chi connectivity index (χ0) is 18.0. The van der Waals surface area contributed by atoms with Crippen LogP contribution in [-0.2, 0) is 0 Å². The molecule has 0 fully saturated rings. The number of phenols is 1. The molecule has 0 saturated carbocycles. The van der Waals surface area contributed by atoms with Gasteiger partial charge in [0.05, 0.1) is 28.9 Å². The van der Waals surface area contributed by atoms with Gasteiger partial charge in [-0.15, -0.1) is 0 Å². The first-order valence-corrected chi connectivity index (χ1v) is 7.55. The van der Waals surface area contributed by atoms with Gasteiger partial charge in [-0.25, -0.2) is 5.43 Å². The lowest BCUT2D eigenvalue weighted by Crippen LogP contribution is -2.35. The van der Waals surface area contributed by atoms with Gasteiger partial charge in [0.15, 0.2) is 0 Å². The molecule has 2 aromatic carbocycles. The van der Waals surface area contributed by atoms with Gasteiger partial charge in [0.25, 0.3) is 17.7 Å². The molecule has 25 heavy (non-hydrogen) atoms. The lowest BCUT2D eigenvalue weighted by Gasteiger charge is -2.13. The van der Waals surface area contributed by atoms with Crippen LogP contribution in [0.3, 0.4) is 0 Å². The molecule has 0 bridgehead atoms. The van der Waals surface area contributed by atoms with E-state index in [2.05, 4.69) is 10.5 Å². The summed E-state index contributed by atoms with van der Waals surface area (Å²) in [5, 5.41) is 13.5. The van der Waals surface area contributed by atoms with Gasteiger partial charge >= 0.3 is 0 Å². The van der Waals surface area contributed by atoms with E-state index in [-0.39, 0.29) is 29.7 Å². The molecule has 1 heterocycles. The summed E-state index contributed by atoms with van der Waals surface area (Å²) in [6.07, 6.45) is 0. The van der Waals surface area contributed by atoms with Gasteiger partial charge in [0.1, 0.15) is 5.75 Å². The number of phenolic OH excluding ortho intramolecular Hbond substituents is 1. The monoisotopic (exact) mass is 337 g/mol. The molecule has 2 aromatic rings. The van der Waals surface area contributed by atoms with E-state index in [0.29, 0.717) is 16.8 Å². The van der Waals surface area contributed by atoms with Crippen molar-refractivity contribution in [1.82, 2.24) is 10.3 Å². The third-order valence-corrected chi connectivity index (χ3v) is 3.76. The average molecular weight is 337 g/mol. The van der Waals surface area contributed by atoms with E-state index in [1.807, 2.05) is 0 Å². The Balaban J connectivity index is 1.69. The smallest absolute Gasteiger partial charge is 0.275 e. The number of para-hydroxylation sites is 1. The summed E-state index contributed by atoms with van der Waals surface area (Å²) in [5.74, 6) is -1.52. The Kier molecular flexibility index (Phi) is 4.30. The number of aromatic hydroxyl groups is 1. The Morgan fingerprint density at radius 2 is 1.60 bits per heavy atom. The van der Waals surface area contributed by atoms with Gasteiger partial charge in [0, 0.05) is 0 Å². The average Bonchev–Trinajstić information content (AvgIpc) is 2.85. The second kappa shape index (κ2) is 6.56. The highest BCUT2D eigenvalue weighted by Crippen LogP contribution is 2.22. The molecule has 7 heteroatoms. The summed E-state index contributed by atoms with van der Waals surface area (Å²) in [7, 11) is 0. The maximum atomic E-state index is 12.3. The molecular weight excluding hydrogens is 322 g/mol. The van der Waals surface area contributed by atoms with Gasteiger partial charge in [-0.05, 0) is 31.2 Å². The zero-order valence-electron chi connectivity index (χ0n) is 13.4. The molecule has 0 atom stereocenters. The summed E-state index contributed by atoms with van der Waals surface area (Å²) in [5.41, 5.74) is 3.48. The maximum absolute atomic E-state index is 12.3. The van der Waals surface area contributed by atoms with Crippen molar-refractivity contribution < 1.29 is 19.5 Å². The summed E-state index contributed by atoms with van der Waals surface area (Å²) in [6, 6.07) is 12.7. The number of imide groups is 1. The molecule has 0 aliphatic carbocycles. The van der Waals surface area contributed by atoms with E-state index >= 15 is 0 Å². The number of benzene rings is 2. The molecule has 2 N–H and O–H groups in total. The molecule has 0 radical (unpaired) electrons. The Morgan fingerprint density at radius 1 is 1.04 bits per heavy atom. The van der Waals surface area contributed by atoms with Crippen molar-refractivity contribution in [3.8, 4) is 5.75 Å². The number of amides is 3. The van der Waals surface area contributed by atoms with Gasteiger partial charge < -0.3 is 5.11 Å². The molecule has 7 nitrogen and oxygen atoms in total. The molecular formula is C18H15N3O4. The fourth-order valence-electron chi connectivity index (χ4n) is 2.52. The van der Waals surface area contributed by atoms with Crippen LogP contribution in [0.1, 0.15) is 38.0 Å². The molecule has 0 aromatic heterocycles. The minimum absolute atomic E-state index is 0.0343. The van der Waals surface area contributed by atoms with Gasteiger partial charge in [-0.1, -0.05) is 24.3 Å². The molecule has 1 aliphatic rings. The third kappa shape index (κ3) is 3.12. The molecule has 1 aliphatic heterocycles. The van der Waals surface area contributed by atoms with E-state index < -0.39 is 5.91 Å². The first-order valence-electron chi connectivity index (χ1n) is 7.55. The number of fused-ring (bicyclic) bond motifs is 1. The minimum Gasteiger partial charge on any atom is -0.507 e. The molecule has 126 valence electrons. The van der Waals surface area contributed by atoms with E-state index in [1.165, 1.54) is 12.1 Å². The molecule has 0 spiro atoms. The lowest BCUT2D eigenvalue weighted by molar-refractivity contribution is 0.0677. The van der Waals surface area contributed by atoms with Crippen molar-refractivity contribution in [2.45, 2.75) is 6.92 Å². The SMILES string of the molecule is C/C(CN1C(=O)c2ccccc2C1=O)=N\NC(=O)c1ccccc1O. The zero-order valence-corrected chi connectivity index (χ0v) is 13.4. The summed E-state index contributed by atoms with van der Waals surface area (Å²) < 4.78 is 0. The number of nitrogens with zero attached hydrogens (tertiary/aromatic N) is 2. The van der Waals surface area contributed by atoms with E-state index in [1.54, 1.807) is 43.3 Å². The van der Waals surface area contributed by atoms with Crippen molar-refractivity contribution in [2.24, 2.45) is 5.10 Å². The van der Waals surface area contributed by atoms with Crippen LogP contribution in [0.4, 0.5) is 0 Å². The van der Waals surface area contributed by atoms with Crippen LogP contribution in [0.5, 0.6) is 5.75 Å².